The van der Waals surface area contributed by atoms with Crippen LogP contribution >= 0.6 is 0 Å². The van der Waals surface area contributed by atoms with Gasteiger partial charge >= 0.3 is 11.9 Å². The van der Waals surface area contributed by atoms with E-state index in [1.165, 1.54) is 41.4 Å². The Labute approximate surface area is 347 Å². The molecule has 0 heterocycles. The second-order valence-electron chi connectivity index (χ2n) is 16.8. The Kier molecular flexibility index (Phi) is 10.9. The number of aromatic hydroxyl groups is 1. The Morgan fingerprint density at radius 1 is 0.667 bits per heavy atom. The largest absolute Gasteiger partial charge is 0.504 e. The van der Waals surface area contributed by atoms with Crippen LogP contribution in [0, 0.1) is 23.7 Å². The number of esters is 2. The summed E-state index contributed by atoms with van der Waals surface area (Å²) in [5, 5.41) is 22.6. The molecule has 3 aliphatic rings. The summed E-state index contributed by atoms with van der Waals surface area (Å²) in [6, 6.07) is 3.13. The summed E-state index contributed by atoms with van der Waals surface area (Å²) in [6.45, 7) is 4.29. The van der Waals surface area contributed by atoms with Gasteiger partial charge in [0.15, 0.2) is 16.9 Å². The monoisotopic (exact) mass is 820 g/mol. The van der Waals surface area contributed by atoms with Crippen molar-refractivity contribution in [1.29, 1.82) is 0 Å². The molecular weight excluding hydrogens is 769 g/mol. The molecule has 316 valence electrons. The van der Waals surface area contributed by atoms with E-state index >= 15 is 4.79 Å². The van der Waals surface area contributed by atoms with Gasteiger partial charge in [-0.1, -0.05) is 11.6 Å². The Balaban J connectivity index is 1.44. The summed E-state index contributed by atoms with van der Waals surface area (Å²) >= 11 is 0. The van der Waals surface area contributed by atoms with E-state index < -0.39 is 11.3 Å². The van der Waals surface area contributed by atoms with Gasteiger partial charge in [0.2, 0.25) is 5.43 Å². The normalized spacial score (nSPS) is 21.5. The molecule has 1 atom stereocenters. The van der Waals surface area contributed by atoms with Crippen LogP contribution in [0.2, 0.25) is 0 Å². The molecule has 1 unspecified atom stereocenters. The molecule has 2 fully saturated rings. The van der Waals surface area contributed by atoms with E-state index in [0.29, 0.717) is 110 Å². The second-order valence-corrected chi connectivity index (χ2v) is 16.8. The maximum Gasteiger partial charge on any atom is 0.308 e. The van der Waals surface area contributed by atoms with Crippen LogP contribution in [0.25, 0.3) is 49.2 Å². The molecule has 5 aromatic rings. The molecule has 5 aromatic carbocycles. The summed E-state index contributed by atoms with van der Waals surface area (Å²) in [5.41, 5.74) is 1.70. The molecule has 13 heteroatoms. The highest BCUT2D eigenvalue weighted by molar-refractivity contribution is 6.40. The number of phenolic OH excluding ortho intramolecular Hbond substituents is 1. The van der Waals surface area contributed by atoms with Crippen LogP contribution in [0.15, 0.2) is 27.3 Å². The number of benzene rings is 5. The van der Waals surface area contributed by atoms with Crippen molar-refractivity contribution in [2.75, 3.05) is 59.3 Å². The van der Waals surface area contributed by atoms with Gasteiger partial charge in [0.25, 0.3) is 0 Å². The van der Waals surface area contributed by atoms with Crippen molar-refractivity contribution >= 4 is 78.3 Å². The van der Waals surface area contributed by atoms with E-state index in [1.54, 1.807) is 7.11 Å². The highest BCUT2D eigenvalue weighted by atomic mass is 16.5. The third-order valence-corrected chi connectivity index (χ3v) is 13.6. The summed E-state index contributed by atoms with van der Waals surface area (Å²) < 4.78 is 28.1. The number of allylic oxidation sites excluding steroid dienone is 1. The standard InChI is InChI=1S/C47H52N2O11/c1-21-16-27-33-38-34(43(52)42(27)49-20-24-10-14-26(15-11-24)47(55)60-7)28(48-19-23-8-12-25(13-9-23)46(54)59-6)17-30(56-3)36(38)37-31(57-4)18-29(51)35-40(37)39(33)41(32(21)22(2)50)45(58-5)44(35)53/h16-18,23-26,32,48-49,53H,8-15,19-20H2,1-7H3. The minimum absolute atomic E-state index is 0.00268. The molecule has 0 spiro atoms. The van der Waals surface area contributed by atoms with E-state index in [9.17, 15) is 24.3 Å². The zero-order valence-electron chi connectivity index (χ0n) is 35.2. The lowest BCUT2D eigenvalue weighted by Gasteiger charge is -2.29. The molecule has 3 aliphatic carbocycles. The summed E-state index contributed by atoms with van der Waals surface area (Å²) in [6.07, 6.45) is 7.80. The van der Waals surface area contributed by atoms with Gasteiger partial charge in [0, 0.05) is 69.0 Å². The second kappa shape index (κ2) is 16.0. The number of methoxy groups -OCH3 is 5. The number of carbonyl (C=O) groups is 3. The van der Waals surface area contributed by atoms with Crippen molar-refractivity contribution in [3.05, 3.63) is 49.3 Å². The summed E-state index contributed by atoms with van der Waals surface area (Å²) in [4.78, 5) is 68.1. The maximum absolute atomic E-state index is 15.5. The number of ether oxygens (including phenoxy) is 5. The number of hydrogen-bond acceptors (Lipinski definition) is 13. The van der Waals surface area contributed by atoms with Crippen LogP contribution in [0.5, 0.6) is 23.0 Å². The van der Waals surface area contributed by atoms with Gasteiger partial charge in [0.05, 0.1) is 69.8 Å². The fraction of sp³-hybridized carbons (Fsp3) is 0.468. The van der Waals surface area contributed by atoms with E-state index in [1.807, 2.05) is 19.1 Å². The van der Waals surface area contributed by atoms with Gasteiger partial charge in [-0.2, -0.15) is 0 Å². The lowest BCUT2D eigenvalue weighted by molar-refractivity contribution is -0.147. The van der Waals surface area contributed by atoms with Gasteiger partial charge < -0.3 is 39.4 Å². The first kappa shape index (κ1) is 40.9. The van der Waals surface area contributed by atoms with E-state index in [-0.39, 0.29) is 69.5 Å². The van der Waals surface area contributed by atoms with Crippen LogP contribution in [-0.4, -0.2) is 71.5 Å². The van der Waals surface area contributed by atoms with Gasteiger partial charge in [-0.25, -0.2) is 0 Å². The molecule has 13 nitrogen and oxygen atoms in total. The number of phenols is 1. The predicted octanol–water partition coefficient (Wildman–Crippen LogP) is 7.50. The Hall–Kier alpha value is -5.85. The Bertz CT molecular complexity index is 2710. The SMILES string of the molecule is COC(=O)C1CCC(CNc2c3c4c5c(c(OC)c(O)c6c(=O)cc(OC)c(c7c(OC)cc(NCC8CCC(C(=O)OC)CC8)c(c2=O)c74)c65)C(C(C)=O)C(C)=C3)CC1. The van der Waals surface area contributed by atoms with E-state index in [2.05, 4.69) is 10.6 Å². The van der Waals surface area contributed by atoms with Crippen molar-refractivity contribution < 1.29 is 43.2 Å². The van der Waals surface area contributed by atoms with Gasteiger partial charge in [-0.05, 0) is 82.4 Å². The molecule has 60 heavy (non-hydrogen) atoms. The zero-order valence-corrected chi connectivity index (χ0v) is 35.2. The Morgan fingerprint density at radius 3 is 1.72 bits per heavy atom. The minimum Gasteiger partial charge on any atom is -0.504 e. The molecule has 8 rings (SSSR count). The first-order chi connectivity index (χ1) is 28.9. The van der Waals surface area contributed by atoms with Gasteiger partial charge in [-0.3, -0.25) is 24.0 Å². The third-order valence-electron chi connectivity index (χ3n) is 13.6. The van der Waals surface area contributed by atoms with E-state index in [0.717, 1.165) is 25.7 Å². The summed E-state index contributed by atoms with van der Waals surface area (Å²) in [5.74, 6) is -1.15. The lowest BCUT2D eigenvalue weighted by atomic mass is 9.80. The average Bonchev–Trinajstić information content (AvgIpc) is 3.39. The molecule has 3 N–H and O–H groups in total. The van der Waals surface area contributed by atoms with Crippen LogP contribution in [0.1, 0.15) is 82.3 Å². The number of Topliss-reactive ketones (excluding diaryl/α,β-unsaturated/α-hetero) is 1. The first-order valence-corrected chi connectivity index (χ1v) is 20.8. The third kappa shape index (κ3) is 6.39. The summed E-state index contributed by atoms with van der Waals surface area (Å²) in [7, 11) is 7.24. The quantitative estimate of drug-likeness (QED) is 0.0642. The minimum atomic E-state index is -0.900. The molecule has 2 saturated carbocycles. The lowest BCUT2D eigenvalue weighted by Crippen LogP contribution is -2.28. The van der Waals surface area contributed by atoms with Crippen molar-refractivity contribution in [1.82, 2.24) is 0 Å². The number of nitrogens with one attached hydrogen (secondary N) is 2. The molecule has 0 aliphatic heterocycles. The molecule has 0 amide bonds. The first-order valence-electron chi connectivity index (χ1n) is 20.8. The predicted molar refractivity (Wildman–Crippen MR) is 232 cm³/mol. The number of carbonyl (C=O) groups excluding carboxylic acids is 3. The topological polar surface area (TPSA) is 176 Å². The highest BCUT2D eigenvalue weighted by Gasteiger charge is 2.38. The number of hydrogen-bond donors (Lipinski definition) is 3. The fourth-order valence-corrected chi connectivity index (χ4v) is 10.6. The molecule has 0 bridgehead atoms. The molecular formula is C47H52N2O11. The van der Waals surface area contributed by atoms with Crippen molar-refractivity contribution in [2.45, 2.75) is 71.1 Å². The van der Waals surface area contributed by atoms with Crippen molar-refractivity contribution in [3.8, 4) is 23.0 Å². The molecule has 0 radical (unpaired) electrons. The van der Waals surface area contributed by atoms with Crippen LogP contribution < -0.4 is 35.7 Å². The maximum atomic E-state index is 15.5. The number of fused-ring (bicyclic) bond motifs is 1. The number of anilines is 2. The number of rotatable bonds is 12. The van der Waals surface area contributed by atoms with Crippen LogP contribution in [0.4, 0.5) is 11.4 Å². The van der Waals surface area contributed by atoms with E-state index in [4.69, 9.17) is 23.7 Å². The molecule has 0 saturated heterocycles. The molecule has 0 aromatic heterocycles. The Morgan fingerprint density at radius 2 is 1.20 bits per heavy atom. The smallest absolute Gasteiger partial charge is 0.308 e. The van der Waals surface area contributed by atoms with Gasteiger partial charge in [0.1, 0.15) is 17.3 Å². The van der Waals surface area contributed by atoms with Crippen molar-refractivity contribution in [3.63, 3.8) is 0 Å². The van der Waals surface area contributed by atoms with Gasteiger partial charge in [-0.15, -0.1) is 0 Å². The van der Waals surface area contributed by atoms with Crippen molar-refractivity contribution in [2.24, 2.45) is 23.7 Å². The van der Waals surface area contributed by atoms with Crippen LogP contribution in [0.3, 0.4) is 0 Å². The fourth-order valence-electron chi connectivity index (χ4n) is 10.6. The number of ketones is 1. The zero-order chi connectivity index (χ0) is 42.7. The highest BCUT2D eigenvalue weighted by Crippen LogP contribution is 2.57. The van der Waals surface area contributed by atoms with Crippen LogP contribution in [-0.2, 0) is 23.9 Å². The average molecular weight is 821 g/mol.